The first-order valence-corrected chi connectivity index (χ1v) is 7.35. The number of hydrogen-bond donors (Lipinski definition) is 0. The second-order valence-electron chi connectivity index (χ2n) is 5.66. The van der Waals surface area contributed by atoms with Crippen LogP contribution in [0.4, 0.5) is 0 Å². The van der Waals surface area contributed by atoms with Crippen LogP contribution in [0.3, 0.4) is 0 Å². The van der Waals surface area contributed by atoms with Crippen LogP contribution < -0.4 is 4.74 Å². The fourth-order valence-electron chi connectivity index (χ4n) is 3.05. The van der Waals surface area contributed by atoms with Gasteiger partial charge in [-0.2, -0.15) is 0 Å². The number of fused-ring (bicyclic) bond motifs is 1. The summed E-state index contributed by atoms with van der Waals surface area (Å²) in [5.74, 6) is 1.70. The standard InChI is InChI=1S/C15H22N4O/c1-11(2)18-9-5-4-7-12(18)14-16-15-13(20-3)8-6-10-19(15)17-14/h6,8,10-12H,4-5,7,9H2,1-3H3. The molecule has 0 bridgehead atoms. The number of rotatable bonds is 3. The minimum absolute atomic E-state index is 0.327. The Balaban J connectivity index is 2.00. The van der Waals surface area contributed by atoms with E-state index in [2.05, 4.69) is 23.8 Å². The number of piperidine rings is 1. The van der Waals surface area contributed by atoms with Gasteiger partial charge in [-0.25, -0.2) is 9.50 Å². The highest BCUT2D eigenvalue weighted by Gasteiger charge is 2.29. The molecule has 0 radical (unpaired) electrons. The largest absolute Gasteiger partial charge is 0.493 e. The number of pyridine rings is 1. The smallest absolute Gasteiger partial charge is 0.198 e. The second kappa shape index (κ2) is 5.40. The van der Waals surface area contributed by atoms with Gasteiger partial charge >= 0.3 is 0 Å². The summed E-state index contributed by atoms with van der Waals surface area (Å²) in [6, 6.07) is 4.71. The summed E-state index contributed by atoms with van der Waals surface area (Å²) in [6.45, 7) is 5.62. The van der Waals surface area contributed by atoms with E-state index in [9.17, 15) is 0 Å². The van der Waals surface area contributed by atoms with Crippen LogP contribution in [0.25, 0.3) is 5.65 Å². The average molecular weight is 274 g/mol. The Labute approximate surface area is 119 Å². The summed E-state index contributed by atoms with van der Waals surface area (Å²) in [5.41, 5.74) is 0.805. The normalized spacial score (nSPS) is 20.7. The molecule has 3 rings (SSSR count). The van der Waals surface area contributed by atoms with E-state index in [0.29, 0.717) is 12.1 Å². The predicted molar refractivity (Wildman–Crippen MR) is 78.0 cm³/mol. The molecule has 1 aliphatic heterocycles. The molecule has 108 valence electrons. The van der Waals surface area contributed by atoms with E-state index >= 15 is 0 Å². The predicted octanol–water partition coefficient (Wildman–Crippen LogP) is 2.67. The van der Waals surface area contributed by atoms with Gasteiger partial charge in [-0.15, -0.1) is 5.10 Å². The molecule has 1 atom stereocenters. The Morgan fingerprint density at radius 1 is 1.35 bits per heavy atom. The Hall–Kier alpha value is -1.62. The molecule has 2 aromatic rings. The van der Waals surface area contributed by atoms with Crippen molar-refractivity contribution in [3.8, 4) is 5.75 Å². The van der Waals surface area contributed by atoms with Crippen molar-refractivity contribution in [2.75, 3.05) is 13.7 Å². The first-order chi connectivity index (χ1) is 9.70. The maximum atomic E-state index is 5.37. The van der Waals surface area contributed by atoms with Crippen molar-refractivity contribution in [1.29, 1.82) is 0 Å². The van der Waals surface area contributed by atoms with E-state index in [4.69, 9.17) is 9.72 Å². The molecule has 5 nitrogen and oxygen atoms in total. The van der Waals surface area contributed by atoms with Crippen LogP contribution in [-0.2, 0) is 0 Å². The second-order valence-corrected chi connectivity index (χ2v) is 5.66. The third kappa shape index (κ3) is 2.26. The average Bonchev–Trinajstić information content (AvgIpc) is 2.90. The lowest BCUT2D eigenvalue weighted by Gasteiger charge is -2.36. The molecule has 0 aromatic carbocycles. The van der Waals surface area contributed by atoms with Gasteiger partial charge in [0.25, 0.3) is 0 Å². The van der Waals surface area contributed by atoms with Crippen LogP contribution in [0.1, 0.15) is 45.0 Å². The van der Waals surface area contributed by atoms with Gasteiger partial charge in [0.05, 0.1) is 13.2 Å². The fraction of sp³-hybridized carbons (Fsp3) is 0.600. The number of nitrogens with zero attached hydrogens (tertiary/aromatic N) is 4. The van der Waals surface area contributed by atoms with Gasteiger partial charge in [0, 0.05) is 12.2 Å². The SMILES string of the molecule is COc1cccn2nc(C3CCCCN3C(C)C)nc12. The summed E-state index contributed by atoms with van der Waals surface area (Å²) in [4.78, 5) is 7.23. The number of ether oxygens (including phenoxy) is 1. The molecule has 1 saturated heterocycles. The van der Waals surface area contributed by atoms with E-state index in [0.717, 1.165) is 30.2 Å². The van der Waals surface area contributed by atoms with E-state index < -0.39 is 0 Å². The zero-order valence-corrected chi connectivity index (χ0v) is 12.4. The molecule has 1 aliphatic rings. The Kier molecular flexibility index (Phi) is 3.61. The van der Waals surface area contributed by atoms with Gasteiger partial charge in [-0.05, 0) is 45.4 Å². The van der Waals surface area contributed by atoms with Gasteiger partial charge < -0.3 is 4.74 Å². The van der Waals surface area contributed by atoms with E-state index in [1.165, 1.54) is 12.8 Å². The molecule has 0 saturated carbocycles. The summed E-state index contributed by atoms with van der Waals surface area (Å²) in [7, 11) is 1.67. The number of hydrogen-bond acceptors (Lipinski definition) is 4. The monoisotopic (exact) mass is 274 g/mol. The van der Waals surface area contributed by atoms with Crippen molar-refractivity contribution in [1.82, 2.24) is 19.5 Å². The first kappa shape index (κ1) is 13.4. The van der Waals surface area contributed by atoms with Crippen LogP contribution >= 0.6 is 0 Å². The van der Waals surface area contributed by atoms with Crippen LogP contribution in [0.2, 0.25) is 0 Å². The molecule has 2 aromatic heterocycles. The summed E-state index contributed by atoms with van der Waals surface area (Å²) >= 11 is 0. The van der Waals surface area contributed by atoms with Gasteiger partial charge in [0.2, 0.25) is 0 Å². The molecule has 0 aliphatic carbocycles. The Bertz CT molecular complexity index is 593. The van der Waals surface area contributed by atoms with Crippen molar-refractivity contribution in [2.24, 2.45) is 0 Å². The number of likely N-dealkylation sites (tertiary alicyclic amines) is 1. The highest BCUT2D eigenvalue weighted by molar-refractivity contribution is 5.52. The van der Waals surface area contributed by atoms with Crippen molar-refractivity contribution in [2.45, 2.75) is 45.2 Å². The van der Waals surface area contributed by atoms with Gasteiger partial charge in [-0.1, -0.05) is 6.42 Å². The van der Waals surface area contributed by atoms with Crippen molar-refractivity contribution >= 4 is 5.65 Å². The lowest BCUT2D eigenvalue weighted by molar-refractivity contribution is 0.106. The van der Waals surface area contributed by atoms with E-state index in [1.807, 2.05) is 22.8 Å². The topological polar surface area (TPSA) is 42.7 Å². The minimum Gasteiger partial charge on any atom is -0.493 e. The summed E-state index contributed by atoms with van der Waals surface area (Å²) in [5, 5.41) is 4.66. The van der Waals surface area contributed by atoms with Gasteiger partial charge in [0.1, 0.15) is 0 Å². The van der Waals surface area contributed by atoms with Crippen molar-refractivity contribution < 1.29 is 4.74 Å². The molecule has 5 heteroatoms. The summed E-state index contributed by atoms with van der Waals surface area (Å²) in [6.07, 6.45) is 5.58. The van der Waals surface area contributed by atoms with E-state index in [1.54, 1.807) is 7.11 Å². The third-order valence-electron chi connectivity index (χ3n) is 4.07. The maximum Gasteiger partial charge on any atom is 0.198 e. The van der Waals surface area contributed by atoms with Crippen LogP contribution in [0.5, 0.6) is 5.75 Å². The molecule has 0 spiro atoms. The van der Waals surface area contributed by atoms with Crippen LogP contribution in [-0.4, -0.2) is 39.2 Å². The molecule has 0 amide bonds. The van der Waals surface area contributed by atoms with Gasteiger partial charge in [0.15, 0.2) is 17.2 Å². The molecule has 20 heavy (non-hydrogen) atoms. The zero-order chi connectivity index (χ0) is 14.1. The minimum atomic E-state index is 0.327. The van der Waals surface area contributed by atoms with E-state index in [-0.39, 0.29) is 0 Å². The Morgan fingerprint density at radius 3 is 2.95 bits per heavy atom. The third-order valence-corrected chi connectivity index (χ3v) is 4.07. The van der Waals surface area contributed by atoms with Crippen LogP contribution in [0, 0.1) is 0 Å². The maximum absolute atomic E-state index is 5.37. The van der Waals surface area contributed by atoms with Crippen molar-refractivity contribution in [3.05, 3.63) is 24.2 Å². The van der Waals surface area contributed by atoms with Crippen LogP contribution in [0.15, 0.2) is 18.3 Å². The molecule has 0 N–H and O–H groups in total. The molecular weight excluding hydrogens is 252 g/mol. The molecular formula is C15H22N4O. The highest BCUT2D eigenvalue weighted by atomic mass is 16.5. The quantitative estimate of drug-likeness (QED) is 0.863. The fourth-order valence-corrected chi connectivity index (χ4v) is 3.05. The summed E-state index contributed by atoms with van der Waals surface area (Å²) < 4.78 is 7.19. The van der Waals surface area contributed by atoms with Gasteiger partial charge in [-0.3, -0.25) is 4.90 Å². The molecule has 3 heterocycles. The Morgan fingerprint density at radius 2 is 2.20 bits per heavy atom. The lowest BCUT2D eigenvalue weighted by atomic mass is 10.00. The van der Waals surface area contributed by atoms with Crippen molar-refractivity contribution in [3.63, 3.8) is 0 Å². The number of aromatic nitrogens is 3. The lowest BCUT2D eigenvalue weighted by Crippen LogP contribution is -2.39. The molecule has 1 fully saturated rings. The zero-order valence-electron chi connectivity index (χ0n) is 12.4. The highest BCUT2D eigenvalue weighted by Crippen LogP contribution is 2.31. The first-order valence-electron chi connectivity index (χ1n) is 7.35. The molecule has 1 unspecified atom stereocenters. The number of methoxy groups -OCH3 is 1.